The number of ether oxygens (including phenoxy) is 3. The number of carbonyl (C=O) groups is 2. The van der Waals surface area contributed by atoms with E-state index in [1.807, 2.05) is 31.2 Å². The second-order valence-electron chi connectivity index (χ2n) is 10.1. The molecule has 1 aromatic heterocycles. The van der Waals surface area contributed by atoms with Crippen molar-refractivity contribution in [3.63, 3.8) is 0 Å². The van der Waals surface area contributed by atoms with Gasteiger partial charge < -0.3 is 23.7 Å². The third-order valence-electron chi connectivity index (χ3n) is 8.05. The maximum Gasteiger partial charge on any atom is 0.340 e. The van der Waals surface area contributed by atoms with Gasteiger partial charge in [-0.3, -0.25) is 0 Å². The number of cyclic esters (lactones) is 1. The highest BCUT2D eigenvalue weighted by molar-refractivity contribution is 6.01. The number of aryl methyl sites for hydroxylation is 1. The lowest BCUT2D eigenvalue weighted by Crippen LogP contribution is -2.32. The maximum absolute atomic E-state index is 13.7. The third kappa shape index (κ3) is 4.44. The van der Waals surface area contributed by atoms with Gasteiger partial charge in [0.25, 0.3) is 0 Å². The van der Waals surface area contributed by atoms with Crippen molar-refractivity contribution in [3.05, 3.63) is 94.2 Å². The summed E-state index contributed by atoms with van der Waals surface area (Å²) in [5.41, 5.74) is 4.65. The second kappa shape index (κ2) is 11.3. The molecule has 41 heavy (non-hydrogen) atoms. The van der Waals surface area contributed by atoms with E-state index in [9.17, 15) is 9.59 Å². The van der Waals surface area contributed by atoms with Crippen LogP contribution in [0.4, 0.5) is 5.69 Å². The molecule has 214 valence electrons. The Morgan fingerprint density at radius 2 is 1.68 bits per heavy atom. The summed E-state index contributed by atoms with van der Waals surface area (Å²) in [4.78, 5) is 28.9. The van der Waals surface area contributed by atoms with Crippen molar-refractivity contribution < 1.29 is 23.8 Å². The van der Waals surface area contributed by atoms with E-state index in [1.165, 1.54) is 0 Å². The van der Waals surface area contributed by atoms with Crippen LogP contribution >= 0.6 is 0 Å². The molecule has 7 nitrogen and oxygen atoms in total. The highest BCUT2D eigenvalue weighted by atomic mass is 16.6. The van der Waals surface area contributed by atoms with Crippen LogP contribution in [0.25, 0.3) is 10.9 Å². The predicted octanol–water partition coefficient (Wildman–Crippen LogP) is 6.85. The molecular weight excluding hydrogens is 516 g/mol. The zero-order chi connectivity index (χ0) is 29.3. The molecule has 0 bridgehead atoms. The first-order valence-corrected chi connectivity index (χ1v) is 14.5. The zero-order valence-corrected chi connectivity index (χ0v) is 24.7. The quantitative estimate of drug-likeness (QED) is 0.200. The van der Waals surface area contributed by atoms with Crippen LogP contribution in [0.5, 0.6) is 5.75 Å². The highest BCUT2D eigenvalue weighted by Crippen LogP contribution is 2.53. The van der Waals surface area contributed by atoms with Crippen LogP contribution in [0.1, 0.15) is 77.7 Å². The number of benzene rings is 3. The van der Waals surface area contributed by atoms with Gasteiger partial charge in [0.2, 0.25) is 0 Å². The number of carbonyl (C=O) groups excluding carboxylic acids is 2. The zero-order valence-electron chi connectivity index (χ0n) is 24.7. The molecule has 3 aromatic carbocycles. The van der Waals surface area contributed by atoms with Crippen molar-refractivity contribution in [1.29, 1.82) is 0 Å². The lowest BCUT2D eigenvalue weighted by atomic mass is 9.77. The molecule has 1 aliphatic heterocycles. The number of hydrogen-bond acceptors (Lipinski definition) is 6. The van der Waals surface area contributed by atoms with Crippen molar-refractivity contribution in [2.24, 2.45) is 0 Å². The molecule has 0 spiro atoms. The smallest absolute Gasteiger partial charge is 0.340 e. The van der Waals surface area contributed by atoms with Crippen LogP contribution < -0.4 is 9.64 Å². The Kier molecular flexibility index (Phi) is 7.80. The van der Waals surface area contributed by atoms with Gasteiger partial charge in [-0.25, -0.2) is 9.59 Å². The Labute approximate surface area is 241 Å². The van der Waals surface area contributed by atoms with Gasteiger partial charge in [0.1, 0.15) is 5.75 Å². The van der Waals surface area contributed by atoms with Crippen LogP contribution in [0.3, 0.4) is 0 Å². The van der Waals surface area contributed by atoms with Crippen molar-refractivity contribution >= 4 is 28.5 Å². The molecule has 5 rings (SSSR count). The van der Waals surface area contributed by atoms with Gasteiger partial charge in [-0.2, -0.15) is 0 Å². The molecule has 0 saturated heterocycles. The number of hydrogen-bond donors (Lipinski definition) is 0. The first kappa shape index (κ1) is 28.3. The van der Waals surface area contributed by atoms with Crippen molar-refractivity contribution in [2.75, 3.05) is 31.2 Å². The van der Waals surface area contributed by atoms with E-state index < -0.39 is 17.5 Å². The van der Waals surface area contributed by atoms with E-state index >= 15 is 0 Å². The molecule has 1 atom stereocenters. The third-order valence-corrected chi connectivity index (χ3v) is 8.05. The summed E-state index contributed by atoms with van der Waals surface area (Å²) in [6.45, 7) is 15.2. The topological polar surface area (TPSA) is 70.0 Å². The first-order valence-electron chi connectivity index (χ1n) is 14.5. The van der Waals surface area contributed by atoms with Crippen LogP contribution in [-0.2, 0) is 21.6 Å². The molecule has 2 heterocycles. The molecule has 0 fully saturated rings. The molecule has 0 aliphatic carbocycles. The summed E-state index contributed by atoms with van der Waals surface area (Å²) in [5.74, 6) is -0.261. The van der Waals surface area contributed by atoms with E-state index in [1.54, 1.807) is 25.1 Å². The lowest BCUT2D eigenvalue weighted by molar-refractivity contribution is 0.0246. The van der Waals surface area contributed by atoms with Crippen LogP contribution in [0.2, 0.25) is 0 Å². The Morgan fingerprint density at radius 1 is 0.927 bits per heavy atom. The van der Waals surface area contributed by atoms with Gasteiger partial charge in [0.15, 0.2) is 5.60 Å². The standard InChI is InChI=1S/C34H38N2O5/c1-7-35(8-2)24-17-19-27(30(21-24)39-10-4)34(31-22(6)36(9-3)29-15-13-12-14-26(29)31)28-20-23(32(37)40-11-5)16-18-25(28)33(38)41-34/h12-21H,7-11H2,1-6H3. The normalized spacial score (nSPS) is 16.0. The summed E-state index contributed by atoms with van der Waals surface area (Å²) >= 11 is 0. The summed E-state index contributed by atoms with van der Waals surface area (Å²) in [7, 11) is 0. The number of esters is 2. The van der Waals surface area contributed by atoms with Gasteiger partial charge in [0.05, 0.1) is 24.3 Å². The molecular formula is C34H38N2O5. The van der Waals surface area contributed by atoms with Crippen LogP contribution in [0, 0.1) is 6.92 Å². The number of para-hydroxylation sites is 1. The van der Waals surface area contributed by atoms with E-state index in [4.69, 9.17) is 14.2 Å². The Bertz CT molecular complexity index is 1620. The van der Waals surface area contributed by atoms with Gasteiger partial charge >= 0.3 is 11.9 Å². The molecule has 0 N–H and O–H groups in total. The Balaban J connectivity index is 1.92. The Hall–Kier alpha value is -4.26. The summed E-state index contributed by atoms with van der Waals surface area (Å²) in [5, 5.41) is 0.976. The second-order valence-corrected chi connectivity index (χ2v) is 10.1. The molecule has 0 radical (unpaired) electrons. The summed E-state index contributed by atoms with van der Waals surface area (Å²) in [6.07, 6.45) is 0. The molecule has 4 aromatic rings. The number of fused-ring (bicyclic) bond motifs is 2. The molecule has 1 unspecified atom stereocenters. The van der Waals surface area contributed by atoms with E-state index in [-0.39, 0.29) is 6.61 Å². The number of nitrogens with zero attached hydrogens (tertiary/aromatic N) is 2. The summed E-state index contributed by atoms with van der Waals surface area (Å²) < 4.78 is 20.5. The van der Waals surface area contributed by atoms with Crippen molar-refractivity contribution in [2.45, 2.75) is 53.7 Å². The monoisotopic (exact) mass is 554 g/mol. The van der Waals surface area contributed by atoms with Crippen LogP contribution in [0.15, 0.2) is 60.7 Å². The van der Waals surface area contributed by atoms with Gasteiger partial charge in [-0.05, 0) is 77.9 Å². The van der Waals surface area contributed by atoms with E-state index in [0.717, 1.165) is 47.5 Å². The fraction of sp³-hybridized carbons (Fsp3) is 0.353. The molecule has 0 saturated carbocycles. The van der Waals surface area contributed by atoms with Crippen LogP contribution in [-0.4, -0.2) is 42.8 Å². The van der Waals surface area contributed by atoms with Crippen molar-refractivity contribution in [1.82, 2.24) is 4.57 Å². The maximum atomic E-state index is 13.7. The predicted molar refractivity (Wildman–Crippen MR) is 161 cm³/mol. The minimum Gasteiger partial charge on any atom is -0.493 e. The average Bonchev–Trinajstić information content (AvgIpc) is 3.44. The molecule has 0 amide bonds. The lowest BCUT2D eigenvalue weighted by Gasteiger charge is -2.33. The number of aromatic nitrogens is 1. The summed E-state index contributed by atoms with van der Waals surface area (Å²) in [6, 6.07) is 19.3. The molecule has 1 aliphatic rings. The highest BCUT2D eigenvalue weighted by Gasteiger charge is 2.53. The fourth-order valence-corrected chi connectivity index (χ4v) is 6.27. The molecule has 7 heteroatoms. The Morgan fingerprint density at radius 3 is 2.37 bits per heavy atom. The van der Waals surface area contributed by atoms with Gasteiger partial charge in [-0.1, -0.05) is 18.2 Å². The largest absolute Gasteiger partial charge is 0.493 e. The fourth-order valence-electron chi connectivity index (χ4n) is 6.27. The van der Waals surface area contributed by atoms with E-state index in [2.05, 4.69) is 55.4 Å². The number of rotatable bonds is 10. The minimum absolute atomic E-state index is 0.251. The SMILES string of the molecule is CCOC(=O)c1ccc2c(c1)C(c1ccc(N(CC)CC)cc1OCC)(c1c(C)n(CC)c3ccccc13)OC2=O. The number of anilines is 1. The van der Waals surface area contributed by atoms with Crippen molar-refractivity contribution in [3.8, 4) is 5.75 Å². The minimum atomic E-state index is -1.36. The van der Waals surface area contributed by atoms with E-state index in [0.29, 0.717) is 34.6 Å². The average molecular weight is 555 g/mol. The van der Waals surface area contributed by atoms with Gasteiger partial charge in [-0.15, -0.1) is 0 Å². The van der Waals surface area contributed by atoms with Gasteiger partial charge in [0, 0.05) is 64.7 Å². The first-order chi connectivity index (χ1) is 19.9.